The maximum absolute atomic E-state index is 13.2. The number of rotatable bonds is 10. The molecule has 3 rings (SSSR count). The van der Waals surface area contributed by atoms with Crippen LogP contribution in [0.4, 0.5) is 16.3 Å². The van der Waals surface area contributed by atoms with Crippen molar-refractivity contribution in [2.24, 2.45) is 0 Å². The van der Waals surface area contributed by atoms with E-state index in [0.717, 1.165) is 17.6 Å². The molecule has 0 aliphatic rings. The molecule has 3 amide bonds. The van der Waals surface area contributed by atoms with E-state index in [1.165, 1.54) is 22.8 Å². The van der Waals surface area contributed by atoms with Gasteiger partial charge in [-0.15, -0.1) is 0 Å². The van der Waals surface area contributed by atoms with Crippen molar-refractivity contribution in [2.45, 2.75) is 27.2 Å². The second kappa shape index (κ2) is 11.9. The number of nitrogens with one attached hydrogen (secondary N) is 2. The summed E-state index contributed by atoms with van der Waals surface area (Å²) in [6.07, 6.45) is 2.23. The third-order valence-corrected chi connectivity index (χ3v) is 5.47. The van der Waals surface area contributed by atoms with Gasteiger partial charge in [0.1, 0.15) is 11.8 Å². The molecule has 0 radical (unpaired) electrons. The van der Waals surface area contributed by atoms with E-state index in [4.69, 9.17) is 14.5 Å². The fourth-order valence-corrected chi connectivity index (χ4v) is 3.51. The molecule has 0 saturated carbocycles. The molecule has 37 heavy (non-hydrogen) atoms. The average molecular weight is 534 g/mol. The fourth-order valence-electron chi connectivity index (χ4n) is 3.32. The number of carbonyl (C=O) groups is 3. The molecule has 0 aliphatic carbocycles. The standard InChI is InChI=1S/C22H27N6O8P/c1-4-8-24-20(29)15-7-6-14(3)17(9-15)28(22(31)35-13-36-37(32,33)34)19-18-10-16(21(30)23-5-2)11-27(18)26-12-25-19/h6-7,9-12H,4-5,8,13H2,1-3H3,(H,23,30)(H,24,29)(H2,32,33,34). The number of nitrogens with zero attached hydrogens (tertiary/aromatic N) is 4. The summed E-state index contributed by atoms with van der Waals surface area (Å²) in [5, 5.41) is 9.52. The minimum Gasteiger partial charge on any atom is -0.421 e. The molecule has 2 heterocycles. The average Bonchev–Trinajstić information content (AvgIpc) is 3.28. The first kappa shape index (κ1) is 27.7. The smallest absolute Gasteiger partial charge is 0.421 e. The molecule has 3 aromatic rings. The number of phosphoric ester groups is 1. The Morgan fingerprint density at radius 2 is 1.84 bits per heavy atom. The van der Waals surface area contributed by atoms with Gasteiger partial charge < -0.3 is 25.2 Å². The summed E-state index contributed by atoms with van der Waals surface area (Å²) in [6.45, 7) is 5.16. The van der Waals surface area contributed by atoms with E-state index < -0.39 is 20.7 Å². The lowest BCUT2D eigenvalue weighted by atomic mass is 10.1. The number of fused-ring (bicyclic) bond motifs is 1. The van der Waals surface area contributed by atoms with Crippen molar-refractivity contribution in [2.75, 3.05) is 24.8 Å². The van der Waals surface area contributed by atoms with Crippen molar-refractivity contribution >= 4 is 42.8 Å². The predicted octanol–water partition coefficient (Wildman–Crippen LogP) is 2.27. The number of benzene rings is 1. The molecule has 4 N–H and O–H groups in total. The van der Waals surface area contributed by atoms with Crippen molar-refractivity contribution in [3.05, 3.63) is 53.5 Å². The first-order valence-electron chi connectivity index (χ1n) is 11.2. The lowest BCUT2D eigenvalue weighted by Gasteiger charge is -2.24. The second-order valence-electron chi connectivity index (χ2n) is 7.74. The van der Waals surface area contributed by atoms with Crippen LogP contribution in [-0.4, -0.2) is 62.2 Å². The zero-order valence-corrected chi connectivity index (χ0v) is 21.3. The van der Waals surface area contributed by atoms with Crippen LogP contribution >= 0.6 is 7.82 Å². The molecule has 198 valence electrons. The zero-order chi connectivity index (χ0) is 27.2. The van der Waals surface area contributed by atoms with Crippen molar-refractivity contribution in [1.82, 2.24) is 25.2 Å². The minimum atomic E-state index is -4.91. The van der Waals surface area contributed by atoms with Gasteiger partial charge >= 0.3 is 13.9 Å². The quantitative estimate of drug-likeness (QED) is 0.222. The van der Waals surface area contributed by atoms with Gasteiger partial charge in [0.15, 0.2) is 5.82 Å². The van der Waals surface area contributed by atoms with Crippen molar-refractivity contribution < 1.29 is 38.0 Å². The summed E-state index contributed by atoms with van der Waals surface area (Å²) >= 11 is 0. The maximum Gasteiger partial charge on any atom is 0.472 e. The number of hydrogen-bond acceptors (Lipinski definition) is 8. The number of aryl methyl sites for hydroxylation is 1. The molecule has 15 heteroatoms. The number of carbonyl (C=O) groups excluding carboxylic acids is 3. The van der Waals surface area contributed by atoms with Crippen LogP contribution in [-0.2, 0) is 13.8 Å². The van der Waals surface area contributed by atoms with Crippen LogP contribution in [0.3, 0.4) is 0 Å². The first-order valence-corrected chi connectivity index (χ1v) is 12.8. The van der Waals surface area contributed by atoms with E-state index in [1.54, 1.807) is 26.0 Å². The highest BCUT2D eigenvalue weighted by Crippen LogP contribution is 2.36. The third-order valence-electron chi connectivity index (χ3n) is 5.03. The SMILES string of the molecule is CCCNC(=O)c1ccc(C)c(N(C(=O)OCOP(=O)(O)O)c2ncnn3cc(C(=O)NCC)cc23)c1. The van der Waals surface area contributed by atoms with Crippen molar-refractivity contribution in [3.8, 4) is 0 Å². The lowest BCUT2D eigenvalue weighted by molar-refractivity contribution is 0.0445. The Hall–Kier alpha value is -3.84. The van der Waals surface area contributed by atoms with Crippen LogP contribution in [0.15, 0.2) is 36.8 Å². The first-order chi connectivity index (χ1) is 17.6. The molecular formula is C22H27N6O8P. The monoisotopic (exact) mass is 534 g/mol. The molecule has 1 aromatic carbocycles. The number of phosphoric acid groups is 1. The van der Waals surface area contributed by atoms with E-state index in [-0.39, 0.29) is 40.0 Å². The molecule has 0 fully saturated rings. The Balaban J connectivity index is 2.12. The molecule has 0 unspecified atom stereocenters. The van der Waals surface area contributed by atoms with E-state index in [0.29, 0.717) is 18.7 Å². The molecule has 2 aromatic heterocycles. The highest BCUT2D eigenvalue weighted by molar-refractivity contribution is 7.46. The summed E-state index contributed by atoms with van der Waals surface area (Å²) in [4.78, 5) is 61.3. The van der Waals surface area contributed by atoms with Crippen molar-refractivity contribution in [3.63, 3.8) is 0 Å². The molecule has 0 spiro atoms. The maximum atomic E-state index is 13.2. The fraction of sp³-hybridized carbons (Fsp3) is 0.318. The summed E-state index contributed by atoms with van der Waals surface area (Å²) in [5.41, 5.74) is 1.50. The number of aromatic nitrogens is 3. The Kier molecular flexibility index (Phi) is 8.95. The van der Waals surface area contributed by atoms with Gasteiger partial charge in [-0.1, -0.05) is 13.0 Å². The Morgan fingerprint density at radius 1 is 1.11 bits per heavy atom. The van der Waals surface area contributed by atoms with E-state index >= 15 is 0 Å². The number of anilines is 2. The van der Waals surface area contributed by atoms with Crippen LogP contribution in [0.2, 0.25) is 0 Å². The number of amides is 3. The van der Waals surface area contributed by atoms with Gasteiger partial charge in [0.05, 0.1) is 11.3 Å². The van der Waals surface area contributed by atoms with Crippen molar-refractivity contribution in [1.29, 1.82) is 0 Å². The topological polar surface area (TPSA) is 185 Å². The van der Waals surface area contributed by atoms with Crippen LogP contribution in [0.1, 0.15) is 46.5 Å². The Labute approximate surface area is 211 Å². The van der Waals surface area contributed by atoms with Gasteiger partial charge in [-0.3, -0.25) is 9.59 Å². The highest BCUT2D eigenvalue weighted by atomic mass is 31.2. The lowest BCUT2D eigenvalue weighted by Crippen LogP contribution is -2.30. The summed E-state index contributed by atoms with van der Waals surface area (Å²) in [5.74, 6) is -0.745. The number of ether oxygens (including phenoxy) is 1. The van der Waals surface area contributed by atoms with Gasteiger partial charge in [-0.05, 0) is 44.0 Å². The van der Waals surface area contributed by atoms with Crippen LogP contribution < -0.4 is 15.5 Å². The van der Waals surface area contributed by atoms with E-state index in [1.807, 2.05) is 6.92 Å². The molecule has 0 aliphatic heterocycles. The van der Waals surface area contributed by atoms with E-state index in [2.05, 4.69) is 25.2 Å². The molecule has 0 atom stereocenters. The second-order valence-corrected chi connectivity index (χ2v) is 8.98. The van der Waals surface area contributed by atoms with Crippen LogP contribution in [0.25, 0.3) is 5.52 Å². The van der Waals surface area contributed by atoms with E-state index in [9.17, 15) is 18.9 Å². The van der Waals surface area contributed by atoms with Gasteiger partial charge in [-0.25, -0.2) is 28.3 Å². The highest BCUT2D eigenvalue weighted by Gasteiger charge is 2.28. The normalized spacial score (nSPS) is 11.3. The predicted molar refractivity (Wildman–Crippen MR) is 131 cm³/mol. The van der Waals surface area contributed by atoms with Gasteiger partial charge in [-0.2, -0.15) is 5.10 Å². The van der Waals surface area contributed by atoms with Gasteiger partial charge in [0.25, 0.3) is 11.8 Å². The summed E-state index contributed by atoms with van der Waals surface area (Å²) < 4.78 is 21.6. The van der Waals surface area contributed by atoms with Crippen LogP contribution in [0, 0.1) is 6.92 Å². The minimum absolute atomic E-state index is 0.0130. The number of hydrogen-bond donors (Lipinski definition) is 4. The van der Waals surface area contributed by atoms with Gasteiger partial charge in [0, 0.05) is 24.8 Å². The molecule has 0 saturated heterocycles. The summed E-state index contributed by atoms with van der Waals surface area (Å²) in [7, 11) is -4.91. The molecule has 14 nitrogen and oxygen atoms in total. The van der Waals surface area contributed by atoms with Crippen LogP contribution in [0.5, 0.6) is 0 Å². The molecule has 0 bridgehead atoms. The van der Waals surface area contributed by atoms with Gasteiger partial charge in [0.2, 0.25) is 6.79 Å². The Bertz CT molecular complexity index is 1350. The Morgan fingerprint density at radius 3 is 2.51 bits per heavy atom. The summed E-state index contributed by atoms with van der Waals surface area (Å²) in [6, 6.07) is 6.14. The zero-order valence-electron chi connectivity index (χ0n) is 20.4. The third kappa shape index (κ3) is 6.89. The molecular weight excluding hydrogens is 507 g/mol. The largest absolute Gasteiger partial charge is 0.472 e.